The van der Waals surface area contributed by atoms with E-state index in [-0.39, 0.29) is 0 Å². The van der Waals surface area contributed by atoms with Crippen LogP contribution in [0.1, 0.15) is 36.5 Å². The zero-order valence-electron chi connectivity index (χ0n) is 14.7. The summed E-state index contributed by atoms with van der Waals surface area (Å²) >= 11 is 0. The normalized spacial score (nSPS) is 15.9. The van der Waals surface area contributed by atoms with Gasteiger partial charge in [-0.1, -0.05) is 30.6 Å². The molecule has 26 heavy (non-hydrogen) atoms. The van der Waals surface area contributed by atoms with Crippen LogP contribution in [0.2, 0.25) is 0 Å². The molecule has 0 spiro atoms. The molecule has 134 valence electrons. The highest BCUT2D eigenvalue weighted by atomic mass is 19.2. The molecular formula is C22H21F2NO. The highest BCUT2D eigenvalue weighted by molar-refractivity contribution is 5.63. The molecule has 1 heterocycles. The Hall–Kier alpha value is -2.64. The summed E-state index contributed by atoms with van der Waals surface area (Å²) < 4.78 is 26.1. The molecule has 1 aliphatic rings. The molecule has 0 radical (unpaired) electrons. The maximum absolute atomic E-state index is 13.2. The van der Waals surface area contributed by atoms with Gasteiger partial charge < -0.3 is 10.0 Å². The van der Waals surface area contributed by atoms with Gasteiger partial charge in [-0.3, -0.25) is 0 Å². The van der Waals surface area contributed by atoms with Crippen molar-refractivity contribution < 1.29 is 13.9 Å². The minimum atomic E-state index is -0.899. The maximum Gasteiger partial charge on any atom is 0.160 e. The Morgan fingerprint density at radius 3 is 2.19 bits per heavy atom. The average molecular weight is 353 g/mol. The van der Waals surface area contributed by atoms with Crippen LogP contribution in [-0.4, -0.2) is 28.7 Å². The molecule has 1 N–H and O–H groups in total. The first-order chi connectivity index (χ1) is 12.3. The molecule has 2 nitrogen and oxygen atoms in total. The van der Waals surface area contributed by atoms with Crippen LogP contribution >= 0.6 is 0 Å². The summed E-state index contributed by atoms with van der Waals surface area (Å²) in [4.78, 5) is 2.18. The largest absolute Gasteiger partial charge is 0.390 e. The zero-order chi connectivity index (χ0) is 18.7. The van der Waals surface area contributed by atoms with Gasteiger partial charge in [0.2, 0.25) is 0 Å². The van der Waals surface area contributed by atoms with Crippen molar-refractivity contribution >= 4 is 5.70 Å². The van der Waals surface area contributed by atoms with Crippen LogP contribution in [-0.2, 0) is 0 Å². The monoisotopic (exact) mass is 353 g/mol. The van der Waals surface area contributed by atoms with E-state index in [2.05, 4.69) is 23.3 Å². The van der Waals surface area contributed by atoms with E-state index in [1.54, 1.807) is 0 Å². The first-order valence-corrected chi connectivity index (χ1v) is 8.58. The van der Waals surface area contributed by atoms with Crippen molar-refractivity contribution in [3.8, 4) is 11.8 Å². The van der Waals surface area contributed by atoms with Gasteiger partial charge in [-0.05, 0) is 55.7 Å². The molecular weight excluding hydrogens is 332 g/mol. The Bertz CT molecular complexity index is 865. The lowest BCUT2D eigenvalue weighted by Crippen LogP contribution is -2.41. The second kappa shape index (κ2) is 7.31. The Morgan fingerprint density at radius 2 is 1.58 bits per heavy atom. The molecule has 0 atom stereocenters. The summed E-state index contributed by atoms with van der Waals surface area (Å²) in [6, 6.07) is 11.3. The lowest BCUT2D eigenvalue weighted by molar-refractivity contribution is 0.00795. The van der Waals surface area contributed by atoms with Crippen molar-refractivity contribution in [2.24, 2.45) is 0 Å². The number of rotatable bonds is 2. The third-order valence-corrected chi connectivity index (χ3v) is 4.71. The fourth-order valence-corrected chi connectivity index (χ4v) is 2.91. The van der Waals surface area contributed by atoms with Gasteiger partial charge in [0.1, 0.15) is 0 Å². The number of aliphatic hydroxyl groups is 1. The highest BCUT2D eigenvalue weighted by Gasteiger charge is 2.27. The molecule has 1 fully saturated rings. The van der Waals surface area contributed by atoms with Gasteiger partial charge in [-0.15, -0.1) is 0 Å². The number of nitrogens with zero attached hydrogens (tertiary/aromatic N) is 1. The van der Waals surface area contributed by atoms with Crippen LogP contribution < -0.4 is 0 Å². The van der Waals surface area contributed by atoms with Gasteiger partial charge in [0.05, 0.1) is 5.60 Å². The van der Waals surface area contributed by atoms with Gasteiger partial charge >= 0.3 is 0 Å². The molecule has 0 aromatic heterocycles. The van der Waals surface area contributed by atoms with E-state index >= 15 is 0 Å². The SMILES string of the molecule is C=C(c1ccc(C#Cc2ccc(F)c(F)c2)cc1)N1CCC(C)(O)CC1. The van der Waals surface area contributed by atoms with E-state index in [1.165, 1.54) is 6.07 Å². The lowest BCUT2D eigenvalue weighted by atomic mass is 9.93. The molecule has 0 amide bonds. The standard InChI is InChI=1S/C22H21F2NO/c1-16(25-13-11-22(2,26)12-14-25)19-8-5-17(6-9-19)3-4-18-7-10-20(23)21(24)15-18/h5-10,15,26H,1,11-14H2,2H3. The summed E-state index contributed by atoms with van der Waals surface area (Å²) in [5.41, 5.74) is 2.56. The molecule has 0 saturated carbocycles. The Kier molecular flexibility index (Phi) is 5.11. The number of halogens is 2. The predicted molar refractivity (Wildman–Crippen MR) is 99.2 cm³/mol. The van der Waals surface area contributed by atoms with Crippen LogP contribution in [0.3, 0.4) is 0 Å². The van der Waals surface area contributed by atoms with Crippen molar-refractivity contribution in [3.05, 3.63) is 77.4 Å². The topological polar surface area (TPSA) is 23.5 Å². The lowest BCUT2D eigenvalue weighted by Gasteiger charge is -2.38. The molecule has 4 heteroatoms. The summed E-state index contributed by atoms with van der Waals surface area (Å²) in [5, 5.41) is 10.1. The van der Waals surface area contributed by atoms with E-state index < -0.39 is 17.2 Å². The molecule has 1 aliphatic heterocycles. The minimum Gasteiger partial charge on any atom is -0.390 e. The zero-order valence-corrected chi connectivity index (χ0v) is 14.7. The van der Waals surface area contributed by atoms with Crippen LogP contribution in [0.4, 0.5) is 8.78 Å². The minimum absolute atomic E-state index is 0.428. The average Bonchev–Trinajstić information content (AvgIpc) is 2.62. The van der Waals surface area contributed by atoms with Gasteiger partial charge in [-0.25, -0.2) is 8.78 Å². The number of benzene rings is 2. The maximum atomic E-state index is 13.2. The number of hydrogen-bond acceptors (Lipinski definition) is 2. The van der Waals surface area contributed by atoms with E-state index in [0.29, 0.717) is 5.56 Å². The Balaban J connectivity index is 1.68. The molecule has 0 bridgehead atoms. The van der Waals surface area contributed by atoms with Gasteiger partial charge in [0, 0.05) is 29.9 Å². The summed E-state index contributed by atoms with van der Waals surface area (Å²) in [5.74, 6) is 4.01. The van der Waals surface area contributed by atoms with E-state index in [0.717, 1.165) is 54.9 Å². The van der Waals surface area contributed by atoms with Gasteiger partial charge in [0.15, 0.2) is 11.6 Å². The quantitative estimate of drug-likeness (QED) is 0.819. The Morgan fingerprint density at radius 1 is 1.00 bits per heavy atom. The van der Waals surface area contributed by atoms with Crippen molar-refractivity contribution in [1.29, 1.82) is 0 Å². The molecule has 0 aliphatic carbocycles. The summed E-state index contributed by atoms with van der Waals surface area (Å²) in [6.07, 6.45) is 1.45. The molecule has 2 aromatic carbocycles. The first kappa shape index (κ1) is 18.2. The van der Waals surface area contributed by atoms with Crippen LogP contribution in [0, 0.1) is 23.5 Å². The Labute approximate surface area is 152 Å². The van der Waals surface area contributed by atoms with Gasteiger partial charge in [-0.2, -0.15) is 0 Å². The molecule has 0 unspecified atom stereocenters. The first-order valence-electron chi connectivity index (χ1n) is 8.58. The van der Waals surface area contributed by atoms with Gasteiger partial charge in [0.25, 0.3) is 0 Å². The fraction of sp³-hybridized carbons (Fsp3) is 0.273. The summed E-state index contributed by atoms with van der Waals surface area (Å²) in [7, 11) is 0. The van der Waals surface area contributed by atoms with E-state index in [9.17, 15) is 13.9 Å². The van der Waals surface area contributed by atoms with Crippen molar-refractivity contribution in [3.63, 3.8) is 0 Å². The van der Waals surface area contributed by atoms with Crippen molar-refractivity contribution in [2.45, 2.75) is 25.4 Å². The van der Waals surface area contributed by atoms with E-state index in [1.807, 2.05) is 31.2 Å². The third-order valence-electron chi connectivity index (χ3n) is 4.71. The number of likely N-dealkylation sites (tertiary alicyclic amines) is 1. The van der Waals surface area contributed by atoms with Crippen LogP contribution in [0.25, 0.3) is 5.70 Å². The second-order valence-corrected chi connectivity index (χ2v) is 6.89. The predicted octanol–water partition coefficient (Wildman–Crippen LogP) is 4.18. The van der Waals surface area contributed by atoms with Crippen molar-refractivity contribution in [2.75, 3.05) is 13.1 Å². The molecule has 3 rings (SSSR count). The van der Waals surface area contributed by atoms with E-state index in [4.69, 9.17) is 0 Å². The van der Waals surface area contributed by atoms with Crippen LogP contribution in [0.5, 0.6) is 0 Å². The highest BCUT2D eigenvalue weighted by Crippen LogP contribution is 2.27. The van der Waals surface area contributed by atoms with Crippen LogP contribution in [0.15, 0.2) is 49.0 Å². The smallest absolute Gasteiger partial charge is 0.160 e. The fourth-order valence-electron chi connectivity index (χ4n) is 2.91. The van der Waals surface area contributed by atoms with Crippen molar-refractivity contribution in [1.82, 2.24) is 4.90 Å². The number of piperidine rings is 1. The molecule has 1 saturated heterocycles. The third kappa shape index (κ3) is 4.30. The molecule has 2 aromatic rings. The second-order valence-electron chi connectivity index (χ2n) is 6.89. The number of hydrogen-bond donors (Lipinski definition) is 1. The summed E-state index contributed by atoms with van der Waals surface area (Å²) in [6.45, 7) is 7.60.